The number of nitrogens with zero attached hydrogens (tertiary/aromatic N) is 3. The van der Waals surface area contributed by atoms with Gasteiger partial charge in [-0.3, -0.25) is 0 Å². The van der Waals surface area contributed by atoms with Crippen LogP contribution < -0.4 is 4.90 Å². The van der Waals surface area contributed by atoms with Gasteiger partial charge < -0.3 is 23.8 Å². The van der Waals surface area contributed by atoms with E-state index in [1.54, 1.807) is 26.8 Å². The number of aromatic nitrogens is 1. The molecule has 0 radical (unpaired) electrons. The van der Waals surface area contributed by atoms with E-state index in [1.807, 2.05) is 11.8 Å². The van der Waals surface area contributed by atoms with E-state index in [9.17, 15) is 22.0 Å². The van der Waals surface area contributed by atoms with Crippen LogP contribution in [0, 0.1) is 0 Å². The number of sulfone groups is 1. The highest BCUT2D eigenvalue weighted by atomic mass is 32.2. The summed E-state index contributed by atoms with van der Waals surface area (Å²) >= 11 is -2.39. The van der Waals surface area contributed by atoms with Gasteiger partial charge in [-0.25, -0.2) is 22.4 Å². The minimum absolute atomic E-state index is 0.0275. The molecule has 1 unspecified atom stereocenters. The zero-order chi connectivity index (χ0) is 25.3. The van der Waals surface area contributed by atoms with Crippen molar-refractivity contribution in [2.45, 2.75) is 68.4 Å². The van der Waals surface area contributed by atoms with Crippen molar-refractivity contribution < 1.29 is 31.4 Å². The Morgan fingerprint density at radius 2 is 1.94 bits per heavy atom. The van der Waals surface area contributed by atoms with E-state index in [0.29, 0.717) is 31.1 Å². The molecule has 2 fully saturated rings. The minimum Gasteiger partial charge on any atom is -0.444 e. The van der Waals surface area contributed by atoms with E-state index < -0.39 is 37.4 Å². The molecule has 10 nitrogen and oxygen atoms in total. The maximum Gasteiger partial charge on any atom is 0.410 e. The zero-order valence-corrected chi connectivity index (χ0v) is 22.1. The van der Waals surface area contributed by atoms with Gasteiger partial charge in [-0.15, -0.1) is 0 Å². The van der Waals surface area contributed by atoms with Crippen LogP contribution in [-0.2, 0) is 35.1 Å². The standard InChI is InChI=1S/C22H35N3O7S2/c1-6-17-15-31-12-11-25(17)18-13-16(14-19(23-18)33(27)28)22(34(5,29)30)7-9-24(10-8-22)20(26)32-21(2,3)4/h13-14,17H,6-12,15H2,1-5H3,(H,27,28)/t17-/m0/s1. The van der Waals surface area contributed by atoms with E-state index in [0.717, 1.165) is 6.42 Å². The van der Waals surface area contributed by atoms with Gasteiger partial charge >= 0.3 is 6.09 Å². The van der Waals surface area contributed by atoms with Gasteiger partial charge in [0.25, 0.3) is 0 Å². The monoisotopic (exact) mass is 517 g/mol. The fraction of sp³-hybridized carbons (Fsp3) is 0.727. The molecule has 2 aliphatic rings. The van der Waals surface area contributed by atoms with E-state index in [2.05, 4.69) is 4.98 Å². The molecule has 0 aliphatic carbocycles. The Balaban J connectivity index is 2.01. The van der Waals surface area contributed by atoms with Crippen molar-refractivity contribution in [3.05, 3.63) is 17.7 Å². The number of carbonyl (C=O) groups excluding carboxylic acids is 1. The van der Waals surface area contributed by atoms with Crippen LogP contribution in [0.5, 0.6) is 0 Å². The lowest BCUT2D eigenvalue weighted by Crippen LogP contribution is -2.50. The normalized spacial score (nSPS) is 22.4. The molecule has 3 heterocycles. The number of hydrogen-bond acceptors (Lipinski definition) is 8. The number of carbonyl (C=O) groups is 1. The Kier molecular flexibility index (Phi) is 7.96. The van der Waals surface area contributed by atoms with Crippen molar-refractivity contribution in [1.82, 2.24) is 9.88 Å². The molecule has 192 valence electrons. The summed E-state index contributed by atoms with van der Waals surface area (Å²) in [6, 6.07) is 3.15. The van der Waals surface area contributed by atoms with E-state index in [1.165, 1.54) is 17.2 Å². The molecule has 0 aromatic carbocycles. The highest BCUT2D eigenvalue weighted by molar-refractivity contribution is 7.91. The van der Waals surface area contributed by atoms with Gasteiger partial charge in [-0.2, -0.15) is 0 Å². The summed E-state index contributed by atoms with van der Waals surface area (Å²) in [6.45, 7) is 9.26. The van der Waals surface area contributed by atoms with Gasteiger partial charge in [0.15, 0.2) is 14.9 Å². The Morgan fingerprint density at radius 1 is 1.29 bits per heavy atom. The molecule has 0 saturated carbocycles. The molecule has 0 bridgehead atoms. The molecule has 2 aliphatic heterocycles. The number of morpholine rings is 1. The maximum atomic E-state index is 13.2. The third-order valence-corrected chi connectivity index (χ3v) is 9.05. The quantitative estimate of drug-likeness (QED) is 0.586. The van der Waals surface area contributed by atoms with Crippen molar-refractivity contribution in [2.24, 2.45) is 0 Å². The van der Waals surface area contributed by atoms with E-state index in [-0.39, 0.29) is 37.0 Å². The number of rotatable bonds is 5. The van der Waals surface area contributed by atoms with Crippen molar-refractivity contribution >= 4 is 32.8 Å². The van der Waals surface area contributed by atoms with Gasteiger partial charge in [0.2, 0.25) is 11.1 Å². The van der Waals surface area contributed by atoms with Crippen molar-refractivity contribution in [1.29, 1.82) is 0 Å². The summed E-state index contributed by atoms with van der Waals surface area (Å²) in [5.74, 6) is 0.461. The highest BCUT2D eigenvalue weighted by Gasteiger charge is 2.47. The first-order chi connectivity index (χ1) is 15.8. The third-order valence-electron chi connectivity index (χ3n) is 6.42. The zero-order valence-electron chi connectivity index (χ0n) is 20.4. The molecule has 12 heteroatoms. The van der Waals surface area contributed by atoms with Gasteiger partial charge in [0, 0.05) is 25.9 Å². The summed E-state index contributed by atoms with van der Waals surface area (Å²) < 4.78 is 57.9. The van der Waals surface area contributed by atoms with Crippen LogP contribution in [0.4, 0.5) is 10.6 Å². The van der Waals surface area contributed by atoms with E-state index in [4.69, 9.17) is 9.47 Å². The van der Waals surface area contributed by atoms with Crippen LogP contribution in [-0.4, -0.2) is 83.9 Å². The fourth-order valence-corrected chi connectivity index (χ4v) is 6.41. The van der Waals surface area contributed by atoms with Crippen LogP contribution >= 0.6 is 0 Å². The number of ether oxygens (including phenoxy) is 2. The topological polar surface area (TPSA) is 126 Å². The number of piperidine rings is 1. The van der Waals surface area contributed by atoms with Gasteiger partial charge in [-0.05, 0) is 57.7 Å². The second kappa shape index (κ2) is 10.1. The predicted molar refractivity (Wildman–Crippen MR) is 129 cm³/mol. The molecule has 3 rings (SSSR count). The molecular weight excluding hydrogens is 482 g/mol. The lowest BCUT2D eigenvalue weighted by molar-refractivity contribution is 0.0192. The summed E-state index contributed by atoms with van der Waals surface area (Å²) in [6.07, 6.45) is 1.76. The Bertz CT molecular complexity index is 1030. The van der Waals surface area contributed by atoms with Crippen LogP contribution in [0.1, 0.15) is 52.5 Å². The second-order valence-corrected chi connectivity index (χ2v) is 13.1. The van der Waals surface area contributed by atoms with Crippen LogP contribution in [0.2, 0.25) is 0 Å². The van der Waals surface area contributed by atoms with Crippen molar-refractivity contribution in [3.63, 3.8) is 0 Å². The van der Waals surface area contributed by atoms with Crippen LogP contribution in [0.15, 0.2) is 17.2 Å². The molecular formula is C22H35N3O7S2. The molecule has 2 atom stereocenters. The summed E-state index contributed by atoms with van der Waals surface area (Å²) in [4.78, 5) is 20.4. The SMILES string of the molecule is CC[C@H]1COCCN1c1cc(C2(S(C)(=O)=O)CCN(C(=O)OC(C)(C)C)CC2)cc(S(=O)O)n1. The van der Waals surface area contributed by atoms with E-state index >= 15 is 0 Å². The lowest BCUT2D eigenvalue weighted by Gasteiger charge is -2.42. The van der Waals surface area contributed by atoms with Crippen LogP contribution in [0.3, 0.4) is 0 Å². The predicted octanol–water partition coefficient (Wildman–Crippen LogP) is 2.55. The smallest absolute Gasteiger partial charge is 0.410 e. The lowest BCUT2D eigenvalue weighted by atomic mass is 9.88. The number of pyridine rings is 1. The molecule has 1 N–H and O–H groups in total. The van der Waals surface area contributed by atoms with Crippen LogP contribution in [0.25, 0.3) is 0 Å². The molecule has 1 aromatic rings. The fourth-order valence-electron chi connectivity index (χ4n) is 4.54. The Hall–Kier alpha value is -1.76. The summed E-state index contributed by atoms with van der Waals surface area (Å²) in [7, 11) is -3.66. The minimum atomic E-state index is -3.66. The first-order valence-corrected chi connectivity index (χ1v) is 14.4. The number of hydrogen-bond donors (Lipinski definition) is 1. The molecule has 34 heavy (non-hydrogen) atoms. The summed E-state index contributed by atoms with van der Waals surface area (Å²) in [5.41, 5.74) is -0.237. The largest absolute Gasteiger partial charge is 0.444 e. The number of anilines is 1. The molecule has 0 spiro atoms. The van der Waals surface area contributed by atoms with Gasteiger partial charge in [-0.1, -0.05) is 6.92 Å². The first kappa shape index (κ1) is 26.8. The highest BCUT2D eigenvalue weighted by Crippen LogP contribution is 2.42. The molecule has 2 saturated heterocycles. The first-order valence-electron chi connectivity index (χ1n) is 11.4. The second-order valence-electron chi connectivity index (χ2n) is 9.87. The third kappa shape index (κ3) is 5.72. The Labute approximate surface area is 204 Å². The Morgan fingerprint density at radius 3 is 2.47 bits per heavy atom. The maximum absolute atomic E-state index is 13.2. The summed E-state index contributed by atoms with van der Waals surface area (Å²) in [5, 5.41) is -0.0913. The number of amides is 1. The van der Waals surface area contributed by atoms with Crippen molar-refractivity contribution in [2.75, 3.05) is 44.0 Å². The van der Waals surface area contributed by atoms with Gasteiger partial charge in [0.05, 0.1) is 19.3 Å². The average Bonchev–Trinajstić information content (AvgIpc) is 2.76. The molecule has 1 aromatic heterocycles. The van der Waals surface area contributed by atoms with Gasteiger partial charge in [0.1, 0.15) is 16.2 Å². The average molecular weight is 518 g/mol. The van der Waals surface area contributed by atoms with Crippen molar-refractivity contribution in [3.8, 4) is 0 Å². The molecule has 1 amide bonds. The number of likely N-dealkylation sites (tertiary alicyclic amines) is 1.